The molecule has 0 saturated carbocycles. The molecule has 1 N–H and O–H groups in total. The third-order valence-corrected chi connectivity index (χ3v) is 2.54. The number of carbonyl (C=O) groups is 1. The molecule has 94 valence electrons. The normalized spacial score (nSPS) is 11.1. The van der Waals surface area contributed by atoms with E-state index in [0.29, 0.717) is 0 Å². The Morgan fingerprint density at radius 2 is 2.00 bits per heavy atom. The number of amides is 2. The summed E-state index contributed by atoms with van der Waals surface area (Å²) in [5, 5.41) is 3.91. The molecule has 0 aromatic heterocycles. The summed E-state index contributed by atoms with van der Waals surface area (Å²) in [6, 6.07) is 7.52. The lowest BCUT2D eigenvalue weighted by molar-refractivity contribution is -0.0598. The third-order valence-electron chi connectivity index (χ3n) is 2.54. The number of hydrogen-bond acceptors (Lipinski definition) is 2. The van der Waals surface area contributed by atoms with E-state index in [9.17, 15) is 4.79 Å². The minimum atomic E-state index is -0.293. The molecule has 2 amide bonds. The predicted molar refractivity (Wildman–Crippen MR) is 68.9 cm³/mol. The van der Waals surface area contributed by atoms with Crippen LogP contribution in [0.15, 0.2) is 24.3 Å². The highest BCUT2D eigenvalue weighted by molar-refractivity contribution is 5.88. The molecular formula is C13H20N2O2. The number of benzene rings is 1. The third kappa shape index (κ3) is 3.75. The van der Waals surface area contributed by atoms with Crippen molar-refractivity contribution in [2.45, 2.75) is 26.2 Å². The van der Waals surface area contributed by atoms with Crippen molar-refractivity contribution in [1.82, 2.24) is 5.06 Å². The molecule has 0 aliphatic heterocycles. The average molecular weight is 236 g/mol. The smallest absolute Gasteiger partial charge is 0.306 e. The number of carbonyl (C=O) groups excluding carboxylic acids is 1. The van der Waals surface area contributed by atoms with Gasteiger partial charge in [-0.1, -0.05) is 32.9 Å². The van der Waals surface area contributed by atoms with E-state index in [-0.39, 0.29) is 11.4 Å². The van der Waals surface area contributed by atoms with Crippen molar-refractivity contribution in [1.29, 1.82) is 0 Å². The molecular weight excluding hydrogens is 216 g/mol. The standard InChI is InChI=1S/C13H20N2O2/c1-13(2,3)10-7-6-8-11(9-10)14-12(16)15(4)17-5/h6-9H,1-5H3,(H,14,16). The second kappa shape index (κ2) is 5.19. The minimum Gasteiger partial charge on any atom is -0.306 e. The molecule has 0 spiro atoms. The maximum Gasteiger partial charge on any atom is 0.345 e. The largest absolute Gasteiger partial charge is 0.345 e. The second-order valence-corrected chi connectivity index (χ2v) is 4.94. The topological polar surface area (TPSA) is 41.6 Å². The summed E-state index contributed by atoms with van der Waals surface area (Å²) in [6.45, 7) is 6.40. The fraction of sp³-hybridized carbons (Fsp3) is 0.462. The molecule has 4 heteroatoms. The van der Waals surface area contributed by atoms with Crippen molar-refractivity contribution in [2.75, 3.05) is 19.5 Å². The Labute approximate surface area is 103 Å². The molecule has 0 bridgehead atoms. The van der Waals surface area contributed by atoms with Gasteiger partial charge in [-0.15, -0.1) is 0 Å². The van der Waals surface area contributed by atoms with Crippen LogP contribution in [0.4, 0.5) is 10.5 Å². The Morgan fingerprint density at radius 1 is 1.35 bits per heavy atom. The first kappa shape index (κ1) is 13.5. The molecule has 0 unspecified atom stereocenters. The highest BCUT2D eigenvalue weighted by atomic mass is 16.7. The van der Waals surface area contributed by atoms with Gasteiger partial charge in [0.25, 0.3) is 0 Å². The quantitative estimate of drug-likeness (QED) is 0.802. The van der Waals surface area contributed by atoms with Crippen LogP contribution >= 0.6 is 0 Å². The monoisotopic (exact) mass is 236 g/mol. The summed E-state index contributed by atoms with van der Waals surface area (Å²) >= 11 is 0. The van der Waals surface area contributed by atoms with E-state index in [1.165, 1.54) is 12.7 Å². The molecule has 0 saturated heterocycles. The number of hydroxylamine groups is 2. The lowest BCUT2D eigenvalue weighted by Gasteiger charge is -2.20. The molecule has 0 fully saturated rings. The Kier molecular flexibility index (Phi) is 4.12. The van der Waals surface area contributed by atoms with Gasteiger partial charge in [-0.2, -0.15) is 0 Å². The van der Waals surface area contributed by atoms with E-state index < -0.39 is 0 Å². The zero-order chi connectivity index (χ0) is 13.1. The van der Waals surface area contributed by atoms with Gasteiger partial charge in [0.15, 0.2) is 0 Å². The molecule has 1 rings (SSSR count). The first-order valence-electron chi connectivity index (χ1n) is 5.54. The Balaban J connectivity index is 2.83. The molecule has 1 aromatic carbocycles. The Hall–Kier alpha value is -1.55. The highest BCUT2D eigenvalue weighted by Crippen LogP contribution is 2.24. The van der Waals surface area contributed by atoms with E-state index in [4.69, 9.17) is 4.84 Å². The molecule has 0 aliphatic carbocycles. The van der Waals surface area contributed by atoms with Crippen LogP contribution in [0, 0.1) is 0 Å². The minimum absolute atomic E-state index is 0.0634. The second-order valence-electron chi connectivity index (χ2n) is 4.94. The zero-order valence-electron chi connectivity index (χ0n) is 11.1. The van der Waals surface area contributed by atoms with Gasteiger partial charge in [0.05, 0.1) is 7.11 Å². The SMILES string of the molecule is CON(C)C(=O)Nc1cccc(C(C)(C)C)c1. The van der Waals surface area contributed by atoms with Crippen molar-refractivity contribution in [3.63, 3.8) is 0 Å². The van der Waals surface area contributed by atoms with Crippen molar-refractivity contribution in [3.8, 4) is 0 Å². The molecule has 0 atom stereocenters. The van der Waals surface area contributed by atoms with Crippen molar-refractivity contribution < 1.29 is 9.63 Å². The summed E-state index contributed by atoms with van der Waals surface area (Å²) in [5.41, 5.74) is 2.01. The summed E-state index contributed by atoms with van der Waals surface area (Å²) in [5.74, 6) is 0. The van der Waals surface area contributed by atoms with Crippen molar-refractivity contribution >= 4 is 11.7 Å². The molecule has 0 aliphatic rings. The molecule has 0 heterocycles. The summed E-state index contributed by atoms with van der Waals surface area (Å²) in [7, 11) is 3.01. The van der Waals surface area contributed by atoms with Gasteiger partial charge >= 0.3 is 6.03 Å². The number of urea groups is 1. The van der Waals surface area contributed by atoms with Gasteiger partial charge in [-0.05, 0) is 23.1 Å². The van der Waals surface area contributed by atoms with Gasteiger partial charge in [0.2, 0.25) is 0 Å². The summed E-state index contributed by atoms with van der Waals surface area (Å²) < 4.78 is 0. The molecule has 4 nitrogen and oxygen atoms in total. The lowest BCUT2D eigenvalue weighted by Crippen LogP contribution is -2.30. The summed E-state index contributed by atoms with van der Waals surface area (Å²) in [6.07, 6.45) is 0. The van der Waals surface area contributed by atoms with Crippen molar-refractivity contribution in [3.05, 3.63) is 29.8 Å². The van der Waals surface area contributed by atoms with E-state index in [1.54, 1.807) is 7.05 Å². The maximum absolute atomic E-state index is 11.6. The number of nitrogens with zero attached hydrogens (tertiary/aromatic N) is 1. The van der Waals surface area contributed by atoms with Crippen LogP contribution < -0.4 is 5.32 Å². The van der Waals surface area contributed by atoms with Gasteiger partial charge < -0.3 is 5.32 Å². The number of anilines is 1. The first-order chi connectivity index (χ1) is 7.84. The van der Waals surface area contributed by atoms with Crippen LogP contribution in [0.1, 0.15) is 26.3 Å². The van der Waals surface area contributed by atoms with E-state index in [1.807, 2.05) is 18.2 Å². The van der Waals surface area contributed by atoms with Gasteiger partial charge in [0, 0.05) is 12.7 Å². The van der Waals surface area contributed by atoms with Gasteiger partial charge in [-0.25, -0.2) is 9.86 Å². The van der Waals surface area contributed by atoms with Crippen LogP contribution in [0.2, 0.25) is 0 Å². The lowest BCUT2D eigenvalue weighted by atomic mass is 9.87. The first-order valence-corrected chi connectivity index (χ1v) is 5.54. The van der Waals surface area contributed by atoms with E-state index in [0.717, 1.165) is 10.8 Å². The van der Waals surface area contributed by atoms with E-state index in [2.05, 4.69) is 32.2 Å². The van der Waals surface area contributed by atoms with Crippen LogP contribution in [-0.4, -0.2) is 25.3 Å². The fourth-order valence-electron chi connectivity index (χ4n) is 1.35. The predicted octanol–water partition coefficient (Wildman–Crippen LogP) is 3.01. The van der Waals surface area contributed by atoms with Crippen LogP contribution in [-0.2, 0) is 10.3 Å². The molecule has 17 heavy (non-hydrogen) atoms. The van der Waals surface area contributed by atoms with Crippen LogP contribution in [0.3, 0.4) is 0 Å². The summed E-state index contributed by atoms with van der Waals surface area (Å²) in [4.78, 5) is 16.4. The van der Waals surface area contributed by atoms with Crippen LogP contribution in [0.5, 0.6) is 0 Å². The van der Waals surface area contributed by atoms with Gasteiger partial charge in [0.1, 0.15) is 0 Å². The fourth-order valence-corrected chi connectivity index (χ4v) is 1.35. The van der Waals surface area contributed by atoms with Crippen LogP contribution in [0.25, 0.3) is 0 Å². The molecule has 1 aromatic rings. The van der Waals surface area contributed by atoms with Gasteiger partial charge in [-0.3, -0.25) is 4.84 Å². The number of hydrogen-bond donors (Lipinski definition) is 1. The van der Waals surface area contributed by atoms with Crippen molar-refractivity contribution in [2.24, 2.45) is 0 Å². The Morgan fingerprint density at radius 3 is 2.53 bits per heavy atom. The molecule has 0 radical (unpaired) electrons. The van der Waals surface area contributed by atoms with E-state index >= 15 is 0 Å². The number of nitrogens with one attached hydrogen (secondary N) is 1. The Bertz CT molecular complexity index is 397. The highest BCUT2D eigenvalue weighted by Gasteiger charge is 2.14. The zero-order valence-corrected chi connectivity index (χ0v) is 11.1. The average Bonchev–Trinajstić information content (AvgIpc) is 2.27. The number of rotatable bonds is 2. The maximum atomic E-state index is 11.6.